The minimum absolute atomic E-state index is 0.919. The SMILES string of the molecule is Cc1c(C)c(CC2=NCCN2)c(C)c(C)c1Br. The molecule has 0 radical (unpaired) electrons. The van der Waals surface area contributed by atoms with Crippen LogP contribution in [0.2, 0.25) is 0 Å². The first kappa shape index (κ1) is 12.6. The number of aliphatic imine (C=N–C) groups is 1. The van der Waals surface area contributed by atoms with Crippen LogP contribution in [0.25, 0.3) is 0 Å². The molecule has 2 rings (SSSR count). The molecule has 0 spiro atoms. The van der Waals surface area contributed by atoms with E-state index in [1.165, 1.54) is 32.3 Å². The Bertz CT molecular complexity index is 460. The van der Waals surface area contributed by atoms with Crippen molar-refractivity contribution < 1.29 is 0 Å². The fourth-order valence-electron chi connectivity index (χ4n) is 2.34. The van der Waals surface area contributed by atoms with Crippen LogP contribution >= 0.6 is 15.9 Å². The van der Waals surface area contributed by atoms with Crippen LogP contribution in [0.15, 0.2) is 9.47 Å². The first-order valence-electron chi connectivity index (χ1n) is 6.04. The Balaban J connectivity index is 2.46. The van der Waals surface area contributed by atoms with Gasteiger partial charge >= 0.3 is 0 Å². The molecule has 92 valence electrons. The van der Waals surface area contributed by atoms with Crippen LogP contribution in [0.5, 0.6) is 0 Å². The second-order valence-electron chi connectivity index (χ2n) is 4.72. The average molecular weight is 295 g/mol. The molecule has 0 atom stereocenters. The number of hydrogen-bond donors (Lipinski definition) is 1. The smallest absolute Gasteiger partial charge is 0.101 e. The fourth-order valence-corrected chi connectivity index (χ4v) is 2.94. The number of rotatable bonds is 2. The number of hydrogen-bond acceptors (Lipinski definition) is 2. The summed E-state index contributed by atoms with van der Waals surface area (Å²) >= 11 is 3.68. The maximum Gasteiger partial charge on any atom is 0.101 e. The van der Waals surface area contributed by atoms with Gasteiger partial charge in [-0.05, 0) is 55.5 Å². The van der Waals surface area contributed by atoms with Gasteiger partial charge in [-0.1, -0.05) is 15.9 Å². The zero-order valence-electron chi connectivity index (χ0n) is 10.9. The van der Waals surface area contributed by atoms with Crippen molar-refractivity contribution >= 4 is 21.8 Å². The van der Waals surface area contributed by atoms with E-state index in [-0.39, 0.29) is 0 Å². The summed E-state index contributed by atoms with van der Waals surface area (Å²) in [5.74, 6) is 1.14. The molecule has 2 nitrogen and oxygen atoms in total. The predicted octanol–water partition coefficient (Wildman–Crippen LogP) is 3.23. The van der Waals surface area contributed by atoms with Gasteiger partial charge in [0.15, 0.2) is 0 Å². The molecular formula is C14H19BrN2. The number of nitrogens with one attached hydrogen (secondary N) is 1. The summed E-state index contributed by atoms with van der Waals surface area (Å²) < 4.78 is 1.25. The molecule has 3 heteroatoms. The van der Waals surface area contributed by atoms with Gasteiger partial charge in [-0.25, -0.2) is 0 Å². The Morgan fingerprint density at radius 3 is 2.12 bits per heavy atom. The van der Waals surface area contributed by atoms with E-state index < -0.39 is 0 Å². The van der Waals surface area contributed by atoms with Crippen LogP contribution in [0.4, 0.5) is 0 Å². The number of nitrogens with zero attached hydrogens (tertiary/aromatic N) is 1. The summed E-state index contributed by atoms with van der Waals surface area (Å²) in [6, 6.07) is 0. The summed E-state index contributed by atoms with van der Waals surface area (Å²) in [5.41, 5.74) is 6.90. The second kappa shape index (κ2) is 4.81. The third-order valence-electron chi connectivity index (χ3n) is 3.78. The Hall–Kier alpha value is -0.830. The quantitative estimate of drug-likeness (QED) is 0.890. The molecule has 1 aromatic carbocycles. The van der Waals surface area contributed by atoms with Crippen molar-refractivity contribution in [2.24, 2.45) is 4.99 Å². The van der Waals surface area contributed by atoms with Crippen molar-refractivity contribution in [2.45, 2.75) is 34.1 Å². The first-order chi connectivity index (χ1) is 8.02. The minimum atomic E-state index is 0.919. The minimum Gasteiger partial charge on any atom is -0.372 e. The third-order valence-corrected chi connectivity index (χ3v) is 4.97. The lowest BCUT2D eigenvalue weighted by Crippen LogP contribution is -2.21. The van der Waals surface area contributed by atoms with E-state index >= 15 is 0 Å². The standard InChI is InChI=1S/C14H19BrN2/c1-8-10(3)14(15)11(4)9(2)12(8)7-13-16-5-6-17-13/h5-7H2,1-4H3,(H,16,17). The van der Waals surface area contributed by atoms with Gasteiger partial charge in [-0.3, -0.25) is 4.99 Å². The molecule has 0 bridgehead atoms. The Labute approximate surface area is 112 Å². The normalized spacial score (nSPS) is 14.8. The van der Waals surface area contributed by atoms with Crippen molar-refractivity contribution in [2.75, 3.05) is 13.1 Å². The van der Waals surface area contributed by atoms with Gasteiger partial charge in [0.1, 0.15) is 5.84 Å². The number of amidine groups is 1. The first-order valence-corrected chi connectivity index (χ1v) is 6.83. The number of benzene rings is 1. The van der Waals surface area contributed by atoms with Gasteiger partial charge in [0.25, 0.3) is 0 Å². The van der Waals surface area contributed by atoms with E-state index in [0.29, 0.717) is 0 Å². The van der Waals surface area contributed by atoms with E-state index in [9.17, 15) is 0 Å². The van der Waals surface area contributed by atoms with Crippen LogP contribution in [0.1, 0.15) is 27.8 Å². The van der Waals surface area contributed by atoms with Crippen molar-refractivity contribution in [3.63, 3.8) is 0 Å². The van der Waals surface area contributed by atoms with Crippen molar-refractivity contribution in [1.82, 2.24) is 5.32 Å². The van der Waals surface area contributed by atoms with E-state index in [0.717, 1.165) is 25.3 Å². The maximum atomic E-state index is 4.49. The highest BCUT2D eigenvalue weighted by Gasteiger charge is 2.15. The largest absolute Gasteiger partial charge is 0.372 e. The van der Waals surface area contributed by atoms with Crippen LogP contribution in [-0.4, -0.2) is 18.9 Å². The van der Waals surface area contributed by atoms with Crippen LogP contribution in [-0.2, 0) is 6.42 Å². The van der Waals surface area contributed by atoms with Crippen molar-refractivity contribution in [3.05, 3.63) is 32.3 Å². The average Bonchev–Trinajstić information content (AvgIpc) is 2.82. The van der Waals surface area contributed by atoms with Crippen molar-refractivity contribution in [1.29, 1.82) is 0 Å². The summed E-state index contributed by atoms with van der Waals surface area (Å²) in [6.07, 6.45) is 0.937. The lowest BCUT2D eigenvalue weighted by Gasteiger charge is -2.17. The third kappa shape index (κ3) is 2.25. The Morgan fingerprint density at radius 2 is 1.65 bits per heavy atom. The van der Waals surface area contributed by atoms with Gasteiger partial charge in [0.05, 0.1) is 6.54 Å². The summed E-state index contributed by atoms with van der Waals surface area (Å²) in [5, 5.41) is 3.35. The molecule has 0 fully saturated rings. The van der Waals surface area contributed by atoms with Gasteiger partial charge in [0.2, 0.25) is 0 Å². The van der Waals surface area contributed by atoms with E-state index in [2.05, 4.69) is 53.9 Å². The second-order valence-corrected chi connectivity index (χ2v) is 5.52. The zero-order chi connectivity index (χ0) is 12.6. The van der Waals surface area contributed by atoms with Gasteiger partial charge < -0.3 is 5.32 Å². The van der Waals surface area contributed by atoms with Gasteiger partial charge in [0, 0.05) is 17.4 Å². The Kier molecular flexibility index (Phi) is 3.57. The van der Waals surface area contributed by atoms with Gasteiger partial charge in [-0.2, -0.15) is 0 Å². The van der Waals surface area contributed by atoms with E-state index in [1.54, 1.807) is 0 Å². The monoisotopic (exact) mass is 294 g/mol. The molecule has 0 aromatic heterocycles. The molecule has 0 unspecified atom stereocenters. The summed E-state index contributed by atoms with van der Waals surface area (Å²) in [7, 11) is 0. The Morgan fingerprint density at radius 1 is 1.06 bits per heavy atom. The fraction of sp³-hybridized carbons (Fsp3) is 0.500. The topological polar surface area (TPSA) is 24.4 Å². The summed E-state index contributed by atoms with van der Waals surface area (Å²) in [4.78, 5) is 4.49. The maximum absolute atomic E-state index is 4.49. The predicted molar refractivity (Wildman–Crippen MR) is 77.1 cm³/mol. The molecule has 1 heterocycles. The summed E-state index contributed by atoms with van der Waals surface area (Å²) in [6.45, 7) is 10.7. The highest BCUT2D eigenvalue weighted by molar-refractivity contribution is 9.10. The van der Waals surface area contributed by atoms with Gasteiger partial charge in [-0.15, -0.1) is 0 Å². The molecule has 0 aliphatic carbocycles. The molecular weight excluding hydrogens is 276 g/mol. The van der Waals surface area contributed by atoms with E-state index in [4.69, 9.17) is 0 Å². The van der Waals surface area contributed by atoms with Crippen molar-refractivity contribution in [3.8, 4) is 0 Å². The molecule has 1 N–H and O–H groups in total. The zero-order valence-corrected chi connectivity index (χ0v) is 12.5. The highest BCUT2D eigenvalue weighted by Crippen LogP contribution is 2.31. The van der Waals surface area contributed by atoms with Crippen LogP contribution in [0, 0.1) is 27.7 Å². The molecule has 0 saturated heterocycles. The van der Waals surface area contributed by atoms with Crippen LogP contribution in [0.3, 0.4) is 0 Å². The molecule has 0 saturated carbocycles. The molecule has 1 aromatic rings. The molecule has 17 heavy (non-hydrogen) atoms. The number of halogens is 1. The molecule has 0 amide bonds. The van der Waals surface area contributed by atoms with Crippen LogP contribution < -0.4 is 5.32 Å². The van der Waals surface area contributed by atoms with E-state index in [1.807, 2.05) is 0 Å². The molecule has 1 aliphatic rings. The lowest BCUT2D eigenvalue weighted by atomic mass is 9.92. The lowest BCUT2D eigenvalue weighted by molar-refractivity contribution is 0.951. The highest BCUT2D eigenvalue weighted by atomic mass is 79.9. The molecule has 1 aliphatic heterocycles.